The molecule has 0 amide bonds. The predicted molar refractivity (Wildman–Crippen MR) is 107 cm³/mol. The van der Waals surface area contributed by atoms with E-state index in [1.807, 2.05) is 0 Å². The second kappa shape index (κ2) is 8.12. The van der Waals surface area contributed by atoms with E-state index in [0.29, 0.717) is 5.92 Å². The first-order valence-electron chi connectivity index (χ1n) is 10.1. The minimum absolute atomic E-state index is 0.260. The third kappa shape index (κ3) is 3.68. The molecule has 0 bridgehead atoms. The third-order valence-corrected chi connectivity index (χ3v) is 7.42. The predicted octanol–water partition coefficient (Wildman–Crippen LogP) is 5.35. The van der Waals surface area contributed by atoms with Crippen molar-refractivity contribution in [3.8, 4) is 5.88 Å². The average Bonchev–Trinajstić information content (AvgIpc) is 3.26. The number of thiophene rings is 1. The number of aryl methyl sites for hydroxylation is 1. The fourth-order valence-electron chi connectivity index (χ4n) is 4.63. The maximum atomic E-state index is 7.33. The molecule has 2 aliphatic carbocycles. The van der Waals surface area contributed by atoms with Crippen molar-refractivity contribution >= 4 is 21.6 Å². The van der Waals surface area contributed by atoms with Crippen LogP contribution in [0.25, 0.3) is 15.1 Å². The maximum absolute atomic E-state index is 7.33. The molecule has 27 heavy (non-hydrogen) atoms. The van der Waals surface area contributed by atoms with Gasteiger partial charge in [0.05, 0.1) is 11.8 Å². The lowest BCUT2D eigenvalue weighted by Crippen LogP contribution is -2.24. The number of rotatable bonds is 6. The molecule has 1 saturated carbocycles. The lowest BCUT2D eigenvalue weighted by atomic mass is 9.86. The van der Waals surface area contributed by atoms with E-state index in [2.05, 4.69) is 21.7 Å². The Balaban J connectivity index is 1.61. The molecule has 2 aromatic heterocycles. The molecule has 144 valence electrons. The summed E-state index contributed by atoms with van der Waals surface area (Å²) >= 11 is 1.76. The molecule has 1 fully saturated rings. The van der Waals surface area contributed by atoms with Crippen molar-refractivity contribution in [1.29, 1.82) is 0 Å². The van der Waals surface area contributed by atoms with Gasteiger partial charge in [-0.3, -0.25) is 4.85 Å². The van der Waals surface area contributed by atoms with Gasteiger partial charge in [0.1, 0.15) is 17.3 Å². The molecule has 0 saturated heterocycles. The molecule has 0 aromatic carbocycles. The van der Waals surface area contributed by atoms with Gasteiger partial charge in [-0.05, 0) is 55.9 Å². The van der Waals surface area contributed by atoms with E-state index < -0.39 is 0 Å². The first-order chi connectivity index (χ1) is 13.2. The molecule has 2 aliphatic rings. The fraction of sp³-hybridized carbons (Fsp3) is 0.667. The number of ether oxygens (including phenoxy) is 2. The largest absolute Gasteiger partial charge is 0.474 e. The van der Waals surface area contributed by atoms with Crippen molar-refractivity contribution in [2.24, 2.45) is 5.92 Å². The summed E-state index contributed by atoms with van der Waals surface area (Å²) in [7, 11) is 1.62. The molecule has 2 atom stereocenters. The summed E-state index contributed by atoms with van der Waals surface area (Å²) in [6.07, 6.45) is 10.4. The Hall–Kier alpha value is -1.71. The smallest absolute Gasteiger partial charge is 0.328 e. The van der Waals surface area contributed by atoms with Crippen LogP contribution in [0.3, 0.4) is 0 Å². The Labute approximate surface area is 164 Å². The van der Waals surface area contributed by atoms with Crippen LogP contribution >= 0.6 is 11.3 Å². The van der Waals surface area contributed by atoms with Crippen LogP contribution in [-0.4, -0.2) is 29.4 Å². The molecular weight excluding hydrogens is 358 g/mol. The Kier molecular flexibility index (Phi) is 5.60. The van der Waals surface area contributed by atoms with Crippen LogP contribution in [0, 0.1) is 12.5 Å². The number of nitrogens with zero attached hydrogens (tertiary/aromatic N) is 3. The van der Waals surface area contributed by atoms with Gasteiger partial charge < -0.3 is 9.47 Å². The Morgan fingerprint density at radius 3 is 2.78 bits per heavy atom. The van der Waals surface area contributed by atoms with Crippen molar-refractivity contribution in [3.05, 3.63) is 28.2 Å². The zero-order chi connectivity index (χ0) is 18.8. The summed E-state index contributed by atoms with van der Waals surface area (Å²) in [6.45, 7) is 9.61. The highest BCUT2D eigenvalue weighted by atomic mass is 32.1. The van der Waals surface area contributed by atoms with Gasteiger partial charge in [-0.15, -0.1) is 11.3 Å². The normalized spacial score (nSPS) is 25.9. The summed E-state index contributed by atoms with van der Waals surface area (Å²) in [5, 5.41) is 1.09. The lowest BCUT2D eigenvalue weighted by molar-refractivity contribution is 0.124. The number of fused-ring (bicyclic) bond motifs is 3. The SMILES string of the molecule is [C-]#[N+][C@H](C[C@H]1CCc2sc3ncnc(OC4CCC(CC)CC4)c3c21)OC. The number of aromatic nitrogens is 2. The highest BCUT2D eigenvalue weighted by molar-refractivity contribution is 7.19. The van der Waals surface area contributed by atoms with Gasteiger partial charge in [0.2, 0.25) is 5.88 Å². The Bertz CT molecular complexity index is 836. The number of methoxy groups -OCH3 is 1. The van der Waals surface area contributed by atoms with Gasteiger partial charge in [-0.25, -0.2) is 16.5 Å². The Morgan fingerprint density at radius 2 is 2.07 bits per heavy atom. The second-order valence-corrected chi connectivity index (χ2v) is 8.84. The van der Waals surface area contributed by atoms with E-state index >= 15 is 0 Å². The summed E-state index contributed by atoms with van der Waals surface area (Å²) in [5.74, 6) is 1.93. The molecule has 2 aromatic rings. The van der Waals surface area contributed by atoms with Crippen LogP contribution in [0.1, 0.15) is 68.2 Å². The topological polar surface area (TPSA) is 48.6 Å². The van der Waals surface area contributed by atoms with Gasteiger partial charge in [-0.1, -0.05) is 13.3 Å². The summed E-state index contributed by atoms with van der Waals surface area (Å²) < 4.78 is 11.7. The average molecular weight is 386 g/mol. The van der Waals surface area contributed by atoms with Crippen molar-refractivity contribution in [1.82, 2.24) is 9.97 Å². The molecule has 0 aliphatic heterocycles. The summed E-state index contributed by atoms with van der Waals surface area (Å²) in [5.41, 5.74) is 1.32. The van der Waals surface area contributed by atoms with Crippen LogP contribution < -0.4 is 4.74 Å². The third-order valence-electron chi connectivity index (χ3n) is 6.25. The summed E-state index contributed by atoms with van der Waals surface area (Å²) in [4.78, 5) is 15.1. The molecule has 0 N–H and O–H groups in total. The van der Waals surface area contributed by atoms with Crippen molar-refractivity contribution in [2.75, 3.05) is 7.11 Å². The minimum atomic E-state index is -0.380. The van der Waals surface area contributed by atoms with Crippen molar-refractivity contribution in [2.45, 2.75) is 76.5 Å². The van der Waals surface area contributed by atoms with E-state index in [1.54, 1.807) is 24.8 Å². The molecule has 6 heteroatoms. The van der Waals surface area contributed by atoms with Crippen LogP contribution in [0.5, 0.6) is 5.88 Å². The zero-order valence-corrected chi connectivity index (χ0v) is 16.9. The quantitative estimate of drug-likeness (QED) is 0.629. The highest BCUT2D eigenvalue weighted by Crippen LogP contribution is 2.48. The molecule has 0 radical (unpaired) electrons. The minimum Gasteiger partial charge on any atom is -0.474 e. The molecule has 2 heterocycles. The van der Waals surface area contributed by atoms with Crippen LogP contribution in [-0.2, 0) is 11.2 Å². The van der Waals surface area contributed by atoms with Gasteiger partial charge in [0, 0.05) is 12.0 Å². The molecule has 0 unspecified atom stereocenters. The molecule has 4 rings (SSSR count). The maximum Gasteiger partial charge on any atom is 0.328 e. The van der Waals surface area contributed by atoms with E-state index in [1.165, 1.54) is 29.7 Å². The molecule has 5 nitrogen and oxygen atoms in total. The second-order valence-electron chi connectivity index (χ2n) is 7.76. The van der Waals surface area contributed by atoms with Crippen LogP contribution in [0.2, 0.25) is 0 Å². The fourth-order valence-corrected chi connectivity index (χ4v) is 5.86. The van der Waals surface area contributed by atoms with E-state index in [-0.39, 0.29) is 12.3 Å². The van der Waals surface area contributed by atoms with Gasteiger partial charge in [0.15, 0.2) is 0 Å². The van der Waals surface area contributed by atoms with Crippen molar-refractivity contribution in [3.63, 3.8) is 0 Å². The van der Waals surface area contributed by atoms with Gasteiger partial charge in [0.25, 0.3) is 0 Å². The first kappa shape index (κ1) is 18.6. The summed E-state index contributed by atoms with van der Waals surface area (Å²) in [6, 6.07) is 0. The van der Waals surface area contributed by atoms with Crippen LogP contribution in [0.15, 0.2) is 6.33 Å². The number of hydrogen-bond donors (Lipinski definition) is 0. The van der Waals surface area contributed by atoms with Gasteiger partial charge >= 0.3 is 6.23 Å². The van der Waals surface area contributed by atoms with E-state index in [0.717, 1.165) is 54.1 Å². The Morgan fingerprint density at radius 1 is 1.26 bits per heavy atom. The highest BCUT2D eigenvalue weighted by Gasteiger charge is 2.34. The first-order valence-corrected chi connectivity index (χ1v) is 10.9. The van der Waals surface area contributed by atoms with E-state index in [9.17, 15) is 0 Å². The zero-order valence-electron chi connectivity index (χ0n) is 16.1. The lowest BCUT2D eigenvalue weighted by Gasteiger charge is -2.28. The standard InChI is InChI=1S/C21H27N3O2S/c1-4-13-5-8-15(9-6-13)26-20-19-18-14(11-17(22-2)25-3)7-10-16(18)27-21(19)24-12-23-20/h12-15,17H,4-11H2,1,3H3/t13?,14-,15?,17+/m1/s1. The van der Waals surface area contributed by atoms with Crippen molar-refractivity contribution < 1.29 is 9.47 Å². The van der Waals surface area contributed by atoms with Crippen LogP contribution in [0.4, 0.5) is 0 Å². The molecular formula is C21H27N3O2S. The van der Waals surface area contributed by atoms with E-state index in [4.69, 9.17) is 16.0 Å². The van der Waals surface area contributed by atoms with Gasteiger partial charge in [-0.2, -0.15) is 0 Å². The number of hydrogen-bond acceptors (Lipinski definition) is 5. The monoisotopic (exact) mass is 385 g/mol. The molecule has 0 spiro atoms.